The first kappa shape index (κ1) is 13.3. The van der Waals surface area contributed by atoms with E-state index in [0.29, 0.717) is 31.0 Å². The lowest BCUT2D eigenvalue weighted by Crippen LogP contribution is -2.44. The number of nitrogens with two attached hydrogens (primary N) is 1. The number of carbonyl (C=O) groups is 1. The van der Waals surface area contributed by atoms with E-state index < -0.39 is 0 Å². The van der Waals surface area contributed by atoms with Crippen LogP contribution >= 0.6 is 0 Å². The third kappa shape index (κ3) is 2.98. The first-order valence-electron chi connectivity index (χ1n) is 6.06. The van der Waals surface area contributed by atoms with Gasteiger partial charge in [-0.2, -0.15) is 0 Å². The lowest BCUT2D eigenvalue weighted by molar-refractivity contribution is -0.139. The van der Waals surface area contributed by atoms with Crippen LogP contribution in [0.5, 0.6) is 0 Å². The van der Waals surface area contributed by atoms with E-state index in [9.17, 15) is 4.79 Å². The third-order valence-corrected chi connectivity index (χ3v) is 2.87. The fourth-order valence-electron chi connectivity index (χ4n) is 1.85. The normalized spacial score (nSPS) is 24.1. The van der Waals surface area contributed by atoms with Crippen LogP contribution in [-0.4, -0.2) is 54.7 Å². The third-order valence-electron chi connectivity index (χ3n) is 2.87. The van der Waals surface area contributed by atoms with Gasteiger partial charge in [-0.1, -0.05) is 6.58 Å². The maximum Gasteiger partial charge on any atom is 0.333 e. The maximum absolute atomic E-state index is 11.2. The van der Waals surface area contributed by atoms with Gasteiger partial charge in [-0.15, -0.1) is 0 Å². The Balaban J connectivity index is 1.75. The number of amidine groups is 1. The molecule has 0 amide bonds. The minimum atomic E-state index is -0.361. The highest BCUT2D eigenvalue weighted by Gasteiger charge is 2.33. The van der Waals surface area contributed by atoms with Gasteiger partial charge in [0.25, 0.3) is 0 Å². The molecule has 2 unspecified atom stereocenters. The standard InChI is InChI=1S/C12H17N5O2/c1-8(2)12(18)19-5-3-4-17-7-16-9-10(13)14-6-15-11(9)17/h6-7,9,11H,1,3-5H2,2H3,(H2,13,14,15). The van der Waals surface area contributed by atoms with E-state index in [4.69, 9.17) is 10.5 Å². The first-order chi connectivity index (χ1) is 9.09. The molecule has 2 heterocycles. The summed E-state index contributed by atoms with van der Waals surface area (Å²) in [5, 5.41) is 0. The number of carbonyl (C=O) groups excluding carboxylic acids is 1. The highest BCUT2D eigenvalue weighted by Crippen LogP contribution is 2.17. The van der Waals surface area contributed by atoms with Gasteiger partial charge in [0.05, 0.1) is 12.9 Å². The van der Waals surface area contributed by atoms with Crippen molar-refractivity contribution in [2.75, 3.05) is 13.2 Å². The topological polar surface area (TPSA) is 92.6 Å². The van der Waals surface area contributed by atoms with Crippen molar-refractivity contribution in [3.8, 4) is 0 Å². The van der Waals surface area contributed by atoms with Crippen molar-refractivity contribution in [2.45, 2.75) is 25.6 Å². The van der Waals surface area contributed by atoms with E-state index in [1.54, 1.807) is 13.3 Å². The summed E-state index contributed by atoms with van der Waals surface area (Å²) in [4.78, 5) is 25.6. The van der Waals surface area contributed by atoms with E-state index >= 15 is 0 Å². The molecule has 2 aliphatic heterocycles. The zero-order valence-electron chi connectivity index (χ0n) is 10.8. The Bertz CT molecular complexity index is 469. The van der Waals surface area contributed by atoms with Crippen molar-refractivity contribution in [3.63, 3.8) is 0 Å². The molecule has 0 aromatic carbocycles. The molecule has 2 atom stereocenters. The summed E-state index contributed by atoms with van der Waals surface area (Å²) in [5.74, 6) is 0.118. The summed E-state index contributed by atoms with van der Waals surface area (Å²) in [6.45, 7) is 6.19. The fourth-order valence-corrected chi connectivity index (χ4v) is 1.85. The molecular weight excluding hydrogens is 246 g/mol. The van der Waals surface area contributed by atoms with Crippen molar-refractivity contribution in [1.82, 2.24) is 4.90 Å². The molecule has 0 aromatic rings. The average Bonchev–Trinajstić information content (AvgIpc) is 2.79. The quantitative estimate of drug-likeness (QED) is 0.427. The van der Waals surface area contributed by atoms with Crippen molar-refractivity contribution in [3.05, 3.63) is 12.2 Å². The molecule has 0 saturated heterocycles. The second-order valence-corrected chi connectivity index (χ2v) is 4.45. The van der Waals surface area contributed by atoms with Crippen LogP contribution in [0.1, 0.15) is 13.3 Å². The van der Waals surface area contributed by atoms with Gasteiger partial charge in [0.15, 0.2) is 6.17 Å². The molecule has 0 aliphatic carbocycles. The van der Waals surface area contributed by atoms with Crippen LogP contribution in [0.2, 0.25) is 0 Å². The summed E-state index contributed by atoms with van der Waals surface area (Å²) in [7, 11) is 0. The minimum Gasteiger partial charge on any atom is -0.462 e. The van der Waals surface area contributed by atoms with Crippen molar-refractivity contribution in [1.29, 1.82) is 0 Å². The van der Waals surface area contributed by atoms with Crippen LogP contribution in [0.25, 0.3) is 0 Å². The second-order valence-electron chi connectivity index (χ2n) is 4.45. The molecule has 0 spiro atoms. The Morgan fingerprint density at radius 2 is 2.37 bits per heavy atom. The van der Waals surface area contributed by atoms with E-state index in [2.05, 4.69) is 21.6 Å². The molecular formula is C12H17N5O2. The van der Waals surface area contributed by atoms with Crippen LogP contribution in [0, 0.1) is 0 Å². The molecule has 19 heavy (non-hydrogen) atoms. The van der Waals surface area contributed by atoms with Crippen molar-refractivity contribution < 1.29 is 9.53 Å². The zero-order valence-corrected chi connectivity index (χ0v) is 10.8. The van der Waals surface area contributed by atoms with Crippen molar-refractivity contribution in [2.24, 2.45) is 20.7 Å². The van der Waals surface area contributed by atoms with Gasteiger partial charge in [0, 0.05) is 12.1 Å². The van der Waals surface area contributed by atoms with Crippen LogP contribution in [0.15, 0.2) is 27.1 Å². The Hall–Kier alpha value is -2.18. The number of ether oxygens (including phenoxy) is 1. The SMILES string of the molecule is C=C(C)C(=O)OCCCN1C=NC2C(N)=NC=NC21. The van der Waals surface area contributed by atoms with E-state index in [0.717, 1.165) is 0 Å². The summed E-state index contributed by atoms with van der Waals surface area (Å²) in [5.41, 5.74) is 6.16. The molecule has 7 nitrogen and oxygen atoms in total. The predicted molar refractivity (Wildman–Crippen MR) is 73.3 cm³/mol. The van der Waals surface area contributed by atoms with Gasteiger partial charge in [-0.3, -0.25) is 4.99 Å². The lowest BCUT2D eigenvalue weighted by Gasteiger charge is -2.25. The number of nitrogens with zero attached hydrogens (tertiary/aromatic N) is 4. The Kier molecular flexibility index (Phi) is 3.94. The molecule has 2 rings (SSSR count). The Morgan fingerprint density at radius 1 is 1.58 bits per heavy atom. The van der Waals surface area contributed by atoms with Gasteiger partial charge in [-0.25, -0.2) is 14.8 Å². The van der Waals surface area contributed by atoms with E-state index in [1.807, 2.05) is 4.90 Å². The molecule has 7 heteroatoms. The van der Waals surface area contributed by atoms with Crippen LogP contribution in [0.3, 0.4) is 0 Å². The van der Waals surface area contributed by atoms with Gasteiger partial charge >= 0.3 is 5.97 Å². The van der Waals surface area contributed by atoms with Crippen LogP contribution < -0.4 is 5.73 Å². The number of aliphatic imine (C=N–C) groups is 3. The highest BCUT2D eigenvalue weighted by atomic mass is 16.5. The molecule has 0 saturated carbocycles. The lowest BCUT2D eigenvalue weighted by atomic mass is 10.2. The molecule has 0 radical (unpaired) electrons. The van der Waals surface area contributed by atoms with Crippen LogP contribution in [0.4, 0.5) is 0 Å². The van der Waals surface area contributed by atoms with Gasteiger partial charge < -0.3 is 15.4 Å². The molecule has 0 fully saturated rings. The number of rotatable bonds is 5. The summed E-state index contributed by atoms with van der Waals surface area (Å²) in [6, 6.07) is -0.192. The predicted octanol–water partition coefficient (Wildman–Crippen LogP) is -0.0665. The molecule has 102 valence electrons. The average molecular weight is 263 g/mol. The number of hydrogen-bond donors (Lipinski definition) is 1. The van der Waals surface area contributed by atoms with Gasteiger partial charge in [-0.05, 0) is 13.3 Å². The fraction of sp³-hybridized carbons (Fsp3) is 0.500. The van der Waals surface area contributed by atoms with E-state index in [-0.39, 0.29) is 18.2 Å². The largest absolute Gasteiger partial charge is 0.462 e. The van der Waals surface area contributed by atoms with Crippen molar-refractivity contribution >= 4 is 24.5 Å². The Labute approximate surface area is 111 Å². The number of hydrogen-bond acceptors (Lipinski definition) is 7. The monoisotopic (exact) mass is 263 g/mol. The van der Waals surface area contributed by atoms with Gasteiger partial charge in [0.1, 0.15) is 18.2 Å². The zero-order chi connectivity index (χ0) is 13.8. The summed E-state index contributed by atoms with van der Waals surface area (Å²) < 4.78 is 5.02. The Morgan fingerprint density at radius 3 is 3.11 bits per heavy atom. The molecule has 2 aliphatic rings. The molecule has 0 bridgehead atoms. The van der Waals surface area contributed by atoms with Crippen LogP contribution in [-0.2, 0) is 9.53 Å². The molecule has 0 aromatic heterocycles. The molecule has 2 N–H and O–H groups in total. The van der Waals surface area contributed by atoms with E-state index in [1.165, 1.54) is 6.34 Å². The maximum atomic E-state index is 11.2. The van der Waals surface area contributed by atoms with Gasteiger partial charge in [0.2, 0.25) is 0 Å². The highest BCUT2D eigenvalue weighted by molar-refractivity contribution is 5.96. The summed E-state index contributed by atoms with van der Waals surface area (Å²) >= 11 is 0. The smallest absolute Gasteiger partial charge is 0.333 e. The number of fused-ring (bicyclic) bond motifs is 1. The first-order valence-corrected chi connectivity index (χ1v) is 6.06. The second kappa shape index (κ2) is 5.64. The summed E-state index contributed by atoms with van der Waals surface area (Å²) in [6.07, 6.45) is 3.76. The number of esters is 1. The minimum absolute atomic E-state index is 0.116.